The number of carbonyl (C=O) groups excluding carboxylic acids is 1. The zero-order valence-electron chi connectivity index (χ0n) is 10.2. The quantitative estimate of drug-likeness (QED) is 0.872. The summed E-state index contributed by atoms with van der Waals surface area (Å²) in [5, 5.41) is 8.95. The van der Waals surface area contributed by atoms with E-state index in [1.807, 2.05) is 17.9 Å². The van der Waals surface area contributed by atoms with Crippen LogP contribution in [0.2, 0.25) is 0 Å². The Morgan fingerprint density at radius 1 is 1.65 bits per heavy atom. The molecule has 1 amide bonds. The fraction of sp³-hybridized carbons (Fsp3) is 0.615. The van der Waals surface area contributed by atoms with Gasteiger partial charge in [0, 0.05) is 25.3 Å². The summed E-state index contributed by atoms with van der Waals surface area (Å²) < 4.78 is 5.23. The van der Waals surface area contributed by atoms with E-state index in [4.69, 9.17) is 9.52 Å². The van der Waals surface area contributed by atoms with E-state index >= 15 is 0 Å². The zero-order valence-corrected chi connectivity index (χ0v) is 10.2. The molecule has 0 radical (unpaired) electrons. The van der Waals surface area contributed by atoms with Gasteiger partial charge in [-0.25, -0.2) is 0 Å². The standard InChI is InChI=1S/C13H19NO3/c1-10-5-8-17-12(10)13(16)14-6-2-3-11(9-14)4-7-15/h5,8,11,15H,2-4,6-7,9H2,1H3. The SMILES string of the molecule is Cc1ccoc1C(=O)N1CCCC(CCO)C1. The number of likely N-dealkylation sites (tertiary alicyclic amines) is 1. The first-order chi connectivity index (χ1) is 8.22. The maximum absolute atomic E-state index is 12.2. The molecule has 1 aromatic heterocycles. The number of rotatable bonds is 3. The Hall–Kier alpha value is -1.29. The summed E-state index contributed by atoms with van der Waals surface area (Å²) in [6, 6.07) is 1.81. The summed E-state index contributed by atoms with van der Waals surface area (Å²) in [7, 11) is 0. The summed E-state index contributed by atoms with van der Waals surface area (Å²) >= 11 is 0. The van der Waals surface area contributed by atoms with Gasteiger partial charge in [-0.3, -0.25) is 4.79 Å². The number of piperidine rings is 1. The van der Waals surface area contributed by atoms with Crippen molar-refractivity contribution in [3.8, 4) is 0 Å². The second-order valence-electron chi connectivity index (χ2n) is 4.70. The van der Waals surface area contributed by atoms with Gasteiger partial charge < -0.3 is 14.4 Å². The van der Waals surface area contributed by atoms with E-state index in [1.165, 1.54) is 0 Å². The van der Waals surface area contributed by atoms with Crippen LogP contribution in [0.5, 0.6) is 0 Å². The number of aliphatic hydroxyl groups is 1. The molecule has 0 bridgehead atoms. The molecule has 1 aromatic rings. The number of hydrogen-bond acceptors (Lipinski definition) is 3. The van der Waals surface area contributed by atoms with E-state index in [9.17, 15) is 4.79 Å². The Morgan fingerprint density at radius 2 is 2.47 bits per heavy atom. The van der Waals surface area contributed by atoms with Crippen molar-refractivity contribution >= 4 is 5.91 Å². The average Bonchev–Trinajstić information content (AvgIpc) is 2.75. The first-order valence-corrected chi connectivity index (χ1v) is 6.16. The minimum absolute atomic E-state index is 0.0184. The van der Waals surface area contributed by atoms with Gasteiger partial charge >= 0.3 is 0 Å². The van der Waals surface area contributed by atoms with Crippen molar-refractivity contribution in [2.24, 2.45) is 5.92 Å². The van der Waals surface area contributed by atoms with Crippen molar-refractivity contribution in [3.05, 3.63) is 23.7 Å². The maximum atomic E-state index is 12.2. The Labute approximate surface area is 101 Å². The van der Waals surface area contributed by atoms with E-state index in [0.717, 1.165) is 37.9 Å². The summed E-state index contributed by atoms with van der Waals surface area (Å²) in [4.78, 5) is 14.0. The molecule has 1 saturated heterocycles. The molecule has 4 nitrogen and oxygen atoms in total. The monoisotopic (exact) mass is 237 g/mol. The fourth-order valence-electron chi connectivity index (χ4n) is 2.40. The molecular formula is C13H19NO3. The molecule has 1 aliphatic rings. The highest BCUT2D eigenvalue weighted by molar-refractivity contribution is 5.92. The number of aliphatic hydroxyl groups excluding tert-OH is 1. The minimum Gasteiger partial charge on any atom is -0.459 e. The van der Waals surface area contributed by atoms with Crippen LogP contribution < -0.4 is 0 Å². The van der Waals surface area contributed by atoms with Crippen LogP contribution in [-0.2, 0) is 0 Å². The molecule has 0 spiro atoms. The lowest BCUT2D eigenvalue weighted by Crippen LogP contribution is -2.40. The molecule has 0 aromatic carbocycles. The van der Waals surface area contributed by atoms with Gasteiger partial charge in [0.25, 0.3) is 5.91 Å². The molecule has 17 heavy (non-hydrogen) atoms. The molecule has 0 aliphatic carbocycles. The normalized spacial score (nSPS) is 20.6. The lowest BCUT2D eigenvalue weighted by molar-refractivity contribution is 0.0621. The molecule has 2 heterocycles. The number of nitrogens with zero attached hydrogens (tertiary/aromatic N) is 1. The number of hydrogen-bond donors (Lipinski definition) is 1. The Bertz CT molecular complexity index is 384. The van der Waals surface area contributed by atoms with Gasteiger partial charge in [0.15, 0.2) is 5.76 Å². The highest BCUT2D eigenvalue weighted by Crippen LogP contribution is 2.22. The Balaban J connectivity index is 2.02. The number of furan rings is 1. The third-order valence-electron chi connectivity index (χ3n) is 3.40. The van der Waals surface area contributed by atoms with Crippen LogP contribution in [0.1, 0.15) is 35.4 Å². The predicted octanol–water partition coefficient (Wildman–Crippen LogP) is 1.82. The first kappa shape index (κ1) is 12.2. The third-order valence-corrected chi connectivity index (χ3v) is 3.40. The molecule has 1 fully saturated rings. The van der Waals surface area contributed by atoms with Crippen molar-refractivity contribution in [3.63, 3.8) is 0 Å². The molecule has 1 aliphatic heterocycles. The van der Waals surface area contributed by atoms with Gasteiger partial charge in [0.1, 0.15) is 0 Å². The highest BCUT2D eigenvalue weighted by atomic mass is 16.3. The van der Waals surface area contributed by atoms with Gasteiger partial charge in [-0.1, -0.05) is 0 Å². The Morgan fingerprint density at radius 3 is 3.12 bits per heavy atom. The van der Waals surface area contributed by atoms with E-state index in [-0.39, 0.29) is 12.5 Å². The summed E-state index contributed by atoms with van der Waals surface area (Å²) in [5.41, 5.74) is 0.888. The second-order valence-corrected chi connectivity index (χ2v) is 4.70. The third kappa shape index (κ3) is 2.69. The van der Waals surface area contributed by atoms with Crippen LogP contribution in [0.3, 0.4) is 0 Å². The fourth-order valence-corrected chi connectivity index (χ4v) is 2.40. The van der Waals surface area contributed by atoms with E-state index < -0.39 is 0 Å². The molecular weight excluding hydrogens is 218 g/mol. The lowest BCUT2D eigenvalue weighted by atomic mass is 9.95. The second kappa shape index (κ2) is 5.36. The molecule has 1 atom stereocenters. The lowest BCUT2D eigenvalue weighted by Gasteiger charge is -2.32. The van der Waals surface area contributed by atoms with Crippen LogP contribution in [0.15, 0.2) is 16.7 Å². The van der Waals surface area contributed by atoms with E-state index in [1.54, 1.807) is 6.26 Å². The summed E-state index contributed by atoms with van der Waals surface area (Å²) in [5.74, 6) is 0.859. The van der Waals surface area contributed by atoms with Crippen molar-refractivity contribution in [2.75, 3.05) is 19.7 Å². The smallest absolute Gasteiger partial charge is 0.289 e. The number of aryl methyl sites for hydroxylation is 1. The van der Waals surface area contributed by atoms with Crippen LogP contribution in [0, 0.1) is 12.8 Å². The van der Waals surface area contributed by atoms with Crippen LogP contribution in [0.4, 0.5) is 0 Å². The molecule has 0 saturated carbocycles. The van der Waals surface area contributed by atoms with E-state index in [2.05, 4.69) is 0 Å². The van der Waals surface area contributed by atoms with Crippen molar-refractivity contribution in [2.45, 2.75) is 26.2 Å². The summed E-state index contributed by atoms with van der Waals surface area (Å²) in [6.45, 7) is 3.61. The minimum atomic E-state index is -0.0184. The van der Waals surface area contributed by atoms with Gasteiger partial charge in [-0.15, -0.1) is 0 Å². The van der Waals surface area contributed by atoms with Gasteiger partial charge in [-0.2, -0.15) is 0 Å². The van der Waals surface area contributed by atoms with Crippen molar-refractivity contribution < 1.29 is 14.3 Å². The highest BCUT2D eigenvalue weighted by Gasteiger charge is 2.26. The van der Waals surface area contributed by atoms with Crippen molar-refractivity contribution in [1.29, 1.82) is 0 Å². The van der Waals surface area contributed by atoms with E-state index in [0.29, 0.717) is 11.7 Å². The Kier molecular flexibility index (Phi) is 3.84. The molecule has 4 heteroatoms. The predicted molar refractivity (Wildman–Crippen MR) is 63.8 cm³/mol. The average molecular weight is 237 g/mol. The molecule has 2 rings (SSSR count). The van der Waals surface area contributed by atoms with Crippen LogP contribution in [-0.4, -0.2) is 35.6 Å². The molecule has 1 N–H and O–H groups in total. The maximum Gasteiger partial charge on any atom is 0.289 e. The molecule has 94 valence electrons. The number of carbonyl (C=O) groups is 1. The summed E-state index contributed by atoms with van der Waals surface area (Å²) in [6.07, 6.45) is 4.44. The van der Waals surface area contributed by atoms with Crippen molar-refractivity contribution in [1.82, 2.24) is 4.90 Å². The van der Waals surface area contributed by atoms with Crippen LogP contribution in [0.25, 0.3) is 0 Å². The van der Waals surface area contributed by atoms with Gasteiger partial charge in [-0.05, 0) is 38.2 Å². The van der Waals surface area contributed by atoms with Gasteiger partial charge in [0.2, 0.25) is 0 Å². The molecule has 1 unspecified atom stereocenters. The topological polar surface area (TPSA) is 53.7 Å². The van der Waals surface area contributed by atoms with Gasteiger partial charge in [0.05, 0.1) is 6.26 Å². The first-order valence-electron chi connectivity index (χ1n) is 6.16. The van der Waals surface area contributed by atoms with Crippen LogP contribution >= 0.6 is 0 Å². The largest absolute Gasteiger partial charge is 0.459 e. The number of amides is 1. The zero-order chi connectivity index (χ0) is 12.3.